The lowest BCUT2D eigenvalue weighted by Crippen LogP contribution is -2.61. The molecule has 5 rings (SSSR count). The number of aromatic hydroxyl groups is 1. The average Bonchev–Trinajstić information content (AvgIpc) is 3.16. The highest BCUT2D eigenvalue weighted by molar-refractivity contribution is 7.07. The lowest BCUT2D eigenvalue weighted by molar-refractivity contribution is -0.231. The SMILES string of the molecule is CC1(C)Oc2c(O)cccc2[C@H]2OC[C@@]3(C[C@@H]21)CN(Cc1cscn1)CCO3. The minimum absolute atomic E-state index is 0.0889. The minimum atomic E-state index is -0.454. The van der Waals surface area contributed by atoms with E-state index in [0.717, 1.165) is 37.3 Å². The van der Waals surface area contributed by atoms with Crippen molar-refractivity contribution in [3.63, 3.8) is 0 Å². The molecule has 2 fully saturated rings. The number of phenols is 1. The van der Waals surface area contributed by atoms with Gasteiger partial charge < -0.3 is 19.3 Å². The van der Waals surface area contributed by atoms with E-state index in [2.05, 4.69) is 29.1 Å². The largest absolute Gasteiger partial charge is 0.504 e. The summed E-state index contributed by atoms with van der Waals surface area (Å²) >= 11 is 1.63. The van der Waals surface area contributed by atoms with Gasteiger partial charge in [-0.25, -0.2) is 4.98 Å². The molecule has 2 saturated heterocycles. The highest BCUT2D eigenvalue weighted by Crippen LogP contribution is 2.54. The fourth-order valence-electron chi connectivity index (χ4n) is 4.87. The van der Waals surface area contributed by atoms with Gasteiger partial charge in [-0.2, -0.15) is 0 Å². The number of fused-ring (bicyclic) bond motifs is 3. The van der Waals surface area contributed by atoms with E-state index in [1.807, 2.05) is 17.6 Å². The Kier molecular flexibility index (Phi) is 4.39. The van der Waals surface area contributed by atoms with Crippen LogP contribution in [0.2, 0.25) is 0 Å². The predicted octanol–water partition coefficient (Wildman–Crippen LogP) is 3.37. The maximum Gasteiger partial charge on any atom is 0.167 e. The Morgan fingerprint density at radius 2 is 2.25 bits per heavy atom. The van der Waals surface area contributed by atoms with Gasteiger partial charge in [0.05, 0.1) is 30.5 Å². The van der Waals surface area contributed by atoms with Crippen molar-refractivity contribution in [1.29, 1.82) is 0 Å². The molecule has 0 unspecified atom stereocenters. The third-order valence-corrected chi connectivity index (χ3v) is 6.90. The van der Waals surface area contributed by atoms with E-state index in [0.29, 0.717) is 19.0 Å². The van der Waals surface area contributed by atoms with Gasteiger partial charge in [0.2, 0.25) is 0 Å². The van der Waals surface area contributed by atoms with Crippen molar-refractivity contribution in [2.24, 2.45) is 5.92 Å². The summed E-state index contributed by atoms with van der Waals surface area (Å²) < 4.78 is 19.0. The molecule has 6 nitrogen and oxygen atoms in total. The Balaban J connectivity index is 1.39. The zero-order valence-corrected chi connectivity index (χ0v) is 17.1. The maximum absolute atomic E-state index is 10.3. The molecule has 2 aromatic rings. The second-order valence-electron chi connectivity index (χ2n) is 8.67. The lowest BCUT2D eigenvalue weighted by Gasteiger charge is -2.54. The van der Waals surface area contributed by atoms with Crippen LogP contribution in [0.3, 0.4) is 0 Å². The third-order valence-electron chi connectivity index (χ3n) is 6.27. The Morgan fingerprint density at radius 1 is 1.36 bits per heavy atom. The van der Waals surface area contributed by atoms with Crippen LogP contribution in [0.5, 0.6) is 11.5 Å². The molecule has 7 heteroatoms. The Morgan fingerprint density at radius 3 is 3.07 bits per heavy atom. The smallest absolute Gasteiger partial charge is 0.167 e. The zero-order valence-electron chi connectivity index (χ0n) is 16.3. The van der Waals surface area contributed by atoms with E-state index in [1.165, 1.54) is 0 Å². The van der Waals surface area contributed by atoms with Crippen LogP contribution in [0, 0.1) is 5.92 Å². The number of thiazole rings is 1. The van der Waals surface area contributed by atoms with Gasteiger partial charge in [0.1, 0.15) is 11.2 Å². The molecule has 0 bridgehead atoms. The van der Waals surface area contributed by atoms with E-state index in [-0.39, 0.29) is 23.4 Å². The molecular formula is C21H26N2O4S. The van der Waals surface area contributed by atoms with Gasteiger partial charge in [0, 0.05) is 36.5 Å². The number of nitrogens with zero attached hydrogens (tertiary/aromatic N) is 2. The summed E-state index contributed by atoms with van der Waals surface area (Å²) in [7, 11) is 0. The standard InChI is InChI=1S/C21H26N2O4S/c1-20(2)16-8-21(11-23(6-7-26-21)9-14-10-28-13-22-14)12-25-18(16)15-4-3-5-17(24)19(15)27-20/h3-5,10,13,16,18,24H,6-9,11-12H2,1-2H3/t16-,18+,21+/m0/s1. The first-order valence-corrected chi connectivity index (χ1v) is 10.8. The van der Waals surface area contributed by atoms with Gasteiger partial charge in [-0.1, -0.05) is 12.1 Å². The molecule has 4 heterocycles. The van der Waals surface area contributed by atoms with Crippen LogP contribution in [-0.4, -0.2) is 52.5 Å². The van der Waals surface area contributed by atoms with Gasteiger partial charge in [-0.05, 0) is 26.3 Å². The molecule has 3 atom stereocenters. The number of para-hydroxylation sites is 1. The molecule has 3 aliphatic heterocycles. The van der Waals surface area contributed by atoms with Crippen LogP contribution >= 0.6 is 11.3 Å². The number of benzene rings is 1. The monoisotopic (exact) mass is 402 g/mol. The summed E-state index contributed by atoms with van der Waals surface area (Å²) in [5.74, 6) is 0.880. The van der Waals surface area contributed by atoms with Crippen LogP contribution in [0.1, 0.15) is 37.6 Å². The number of aromatic nitrogens is 1. The van der Waals surface area contributed by atoms with Crippen molar-refractivity contribution in [3.8, 4) is 11.5 Å². The summed E-state index contributed by atoms with van der Waals surface area (Å²) in [6.07, 6.45) is 0.779. The molecule has 1 aromatic carbocycles. The second-order valence-corrected chi connectivity index (χ2v) is 9.38. The zero-order chi connectivity index (χ0) is 19.4. The number of rotatable bonds is 2. The molecule has 0 aliphatic carbocycles. The number of morpholine rings is 1. The van der Waals surface area contributed by atoms with Crippen LogP contribution < -0.4 is 4.74 Å². The molecule has 0 amide bonds. The quantitative estimate of drug-likeness (QED) is 0.831. The molecule has 3 aliphatic rings. The molecule has 1 spiro atoms. The average molecular weight is 403 g/mol. The highest BCUT2D eigenvalue weighted by Gasteiger charge is 2.54. The van der Waals surface area contributed by atoms with Crippen molar-refractivity contribution < 1.29 is 19.3 Å². The molecule has 150 valence electrons. The Labute approximate surface area is 169 Å². The fourth-order valence-corrected chi connectivity index (χ4v) is 5.42. The van der Waals surface area contributed by atoms with Crippen LogP contribution in [0.15, 0.2) is 29.1 Å². The van der Waals surface area contributed by atoms with Gasteiger partial charge in [-0.15, -0.1) is 11.3 Å². The van der Waals surface area contributed by atoms with Crippen molar-refractivity contribution in [1.82, 2.24) is 9.88 Å². The molecular weight excluding hydrogens is 376 g/mol. The predicted molar refractivity (Wildman–Crippen MR) is 106 cm³/mol. The number of phenolic OH excluding ortho intramolecular Hbond substituents is 1. The first-order valence-electron chi connectivity index (χ1n) is 9.82. The first-order chi connectivity index (χ1) is 13.5. The number of hydrogen-bond donors (Lipinski definition) is 1. The van der Waals surface area contributed by atoms with Crippen molar-refractivity contribution >= 4 is 11.3 Å². The van der Waals surface area contributed by atoms with Crippen LogP contribution in [0.4, 0.5) is 0 Å². The van der Waals surface area contributed by atoms with Crippen LogP contribution in [0.25, 0.3) is 0 Å². The molecule has 0 radical (unpaired) electrons. The summed E-state index contributed by atoms with van der Waals surface area (Å²) in [6.45, 7) is 7.99. The van der Waals surface area contributed by atoms with E-state index in [1.54, 1.807) is 17.4 Å². The normalized spacial score (nSPS) is 31.8. The minimum Gasteiger partial charge on any atom is -0.504 e. The molecule has 1 N–H and O–H groups in total. The fraction of sp³-hybridized carbons (Fsp3) is 0.571. The third kappa shape index (κ3) is 3.10. The van der Waals surface area contributed by atoms with Crippen molar-refractivity contribution in [3.05, 3.63) is 40.3 Å². The Bertz CT molecular complexity index is 856. The van der Waals surface area contributed by atoms with Crippen molar-refractivity contribution in [2.45, 2.75) is 44.1 Å². The number of ether oxygens (including phenoxy) is 3. The summed E-state index contributed by atoms with van der Waals surface area (Å²) in [5, 5.41) is 12.4. The van der Waals surface area contributed by atoms with Gasteiger partial charge >= 0.3 is 0 Å². The van der Waals surface area contributed by atoms with E-state index in [9.17, 15) is 5.11 Å². The summed E-state index contributed by atoms with van der Waals surface area (Å²) in [6, 6.07) is 5.52. The van der Waals surface area contributed by atoms with Crippen LogP contribution in [-0.2, 0) is 16.0 Å². The van der Waals surface area contributed by atoms with Gasteiger partial charge in [0.25, 0.3) is 0 Å². The summed E-state index contributed by atoms with van der Waals surface area (Å²) in [4.78, 5) is 6.84. The summed E-state index contributed by atoms with van der Waals surface area (Å²) in [5.41, 5.74) is 3.15. The first kappa shape index (κ1) is 18.4. The van der Waals surface area contributed by atoms with Gasteiger partial charge in [-0.3, -0.25) is 4.90 Å². The maximum atomic E-state index is 10.3. The lowest BCUT2D eigenvalue weighted by atomic mass is 9.71. The Hall–Kier alpha value is -1.67. The van der Waals surface area contributed by atoms with Crippen molar-refractivity contribution in [2.75, 3.05) is 26.3 Å². The second kappa shape index (κ2) is 6.69. The molecule has 0 saturated carbocycles. The molecule has 28 heavy (non-hydrogen) atoms. The van der Waals surface area contributed by atoms with E-state index < -0.39 is 5.60 Å². The van der Waals surface area contributed by atoms with Gasteiger partial charge in [0.15, 0.2) is 11.5 Å². The number of hydrogen-bond acceptors (Lipinski definition) is 7. The van der Waals surface area contributed by atoms with E-state index >= 15 is 0 Å². The topological polar surface area (TPSA) is 64.0 Å². The highest BCUT2D eigenvalue weighted by atomic mass is 32.1. The van der Waals surface area contributed by atoms with E-state index in [4.69, 9.17) is 14.2 Å². The molecule has 1 aromatic heterocycles.